The summed E-state index contributed by atoms with van der Waals surface area (Å²) in [6.07, 6.45) is 0. The average molecular weight is 524 g/mol. The van der Waals surface area contributed by atoms with Gasteiger partial charge < -0.3 is 0 Å². The van der Waals surface area contributed by atoms with Crippen LogP contribution in [0.1, 0.15) is 0 Å². The van der Waals surface area contributed by atoms with Gasteiger partial charge in [0.05, 0.1) is 0 Å². The van der Waals surface area contributed by atoms with Crippen molar-refractivity contribution in [1.29, 1.82) is 0 Å². The maximum atomic E-state index is 8.58. The third kappa shape index (κ3) is 29.9. The van der Waals surface area contributed by atoms with Gasteiger partial charge in [0, 0.05) is 0 Å². The second-order valence-corrected chi connectivity index (χ2v) is 0.777. The molecular formula is O3U2. The molecule has 3 nitrogen and oxygen atoms in total. The Morgan fingerprint density at radius 3 is 1.20 bits per heavy atom. The van der Waals surface area contributed by atoms with E-state index in [1.807, 2.05) is 0 Å². The summed E-state index contributed by atoms with van der Waals surface area (Å²) < 4.78 is 25.6. The molecule has 5 heavy (non-hydrogen) atoms. The quantitative estimate of drug-likeness (QED) is 0.436. The molecule has 0 amide bonds. The van der Waals surface area contributed by atoms with Gasteiger partial charge in [-0.1, -0.05) is 0 Å². The Hall–Kier alpha value is 1.50. The zero-order valence-electron chi connectivity index (χ0n) is 2.22. The van der Waals surface area contributed by atoms with Gasteiger partial charge in [-0.3, -0.25) is 0 Å². The van der Waals surface area contributed by atoms with Gasteiger partial charge in [0.1, 0.15) is 0 Å². The molecule has 0 radical (unpaired) electrons. The molecule has 0 aromatic carbocycles. The number of hydrogen-bond acceptors (Lipinski definition) is 3. The summed E-state index contributed by atoms with van der Waals surface area (Å²) >= 11 is -2.60. The monoisotopic (exact) mass is 524 g/mol. The summed E-state index contributed by atoms with van der Waals surface area (Å²) in [6.45, 7) is 0. The molecule has 0 aliphatic carbocycles. The normalized spacial score (nSPS) is 2.80. The molecule has 0 bridgehead atoms. The average Bonchev–Trinajstić information content (AvgIpc) is 1.46. The van der Waals surface area contributed by atoms with Gasteiger partial charge >= 0.3 is 64.0 Å². The first-order valence-electron chi connectivity index (χ1n) is 0.612. The molecule has 26 valence electrons. The van der Waals surface area contributed by atoms with Crippen LogP contribution in [0.5, 0.6) is 0 Å². The van der Waals surface area contributed by atoms with Gasteiger partial charge in [-0.25, -0.2) is 0 Å². The van der Waals surface area contributed by atoms with E-state index in [-0.39, 0.29) is 29.5 Å². The molecule has 0 aliphatic heterocycles. The Morgan fingerprint density at radius 1 is 1.20 bits per heavy atom. The maximum absolute atomic E-state index is 8.58. The Morgan fingerprint density at radius 2 is 1.20 bits per heavy atom. The first-order valence-corrected chi connectivity index (χ1v) is 5.71. The van der Waals surface area contributed by atoms with Gasteiger partial charge in [0.2, 0.25) is 0 Å². The first kappa shape index (κ1) is 9.71. The molecule has 5 heteroatoms. The van der Waals surface area contributed by atoms with E-state index in [1.165, 1.54) is 0 Å². The standard InChI is InChI=1S/3O.2U. The van der Waals surface area contributed by atoms with Gasteiger partial charge in [-0.2, -0.15) is 0 Å². The second kappa shape index (κ2) is 17.8. The van der Waals surface area contributed by atoms with E-state index >= 15 is 0 Å². The van der Waals surface area contributed by atoms with Crippen LogP contribution >= 0.6 is 0 Å². The Labute approximate surface area is 62.9 Å². The molecule has 0 aromatic heterocycles. The third-order valence-electron chi connectivity index (χ3n) is 0. The van der Waals surface area contributed by atoms with Crippen LogP contribution in [0.3, 0.4) is 0 Å². The predicted molar refractivity (Wildman–Crippen MR) is 2.06 cm³/mol. The van der Waals surface area contributed by atoms with Crippen molar-refractivity contribution in [1.82, 2.24) is 0 Å². The van der Waals surface area contributed by atoms with Crippen LogP contribution in [0.4, 0.5) is 0 Å². The van der Waals surface area contributed by atoms with Crippen molar-refractivity contribution in [3.8, 4) is 0 Å². The van der Waals surface area contributed by atoms with E-state index in [0.717, 1.165) is 0 Å². The van der Waals surface area contributed by atoms with Crippen LogP contribution in [-0.4, -0.2) is 0 Å². The summed E-state index contributed by atoms with van der Waals surface area (Å²) in [4.78, 5) is 0. The number of rotatable bonds is 0. The summed E-state index contributed by atoms with van der Waals surface area (Å²) in [5.41, 5.74) is 0. The minimum atomic E-state index is -2.51. The molecule has 0 atom stereocenters. The van der Waals surface area contributed by atoms with Crippen molar-refractivity contribution < 1.29 is 64.0 Å². The molecule has 0 N–H and O–H groups in total. The third-order valence-corrected chi connectivity index (χ3v) is 0. The van der Waals surface area contributed by atoms with Gasteiger partial charge in [0.15, 0.2) is 0 Å². The molecule has 0 saturated heterocycles. The van der Waals surface area contributed by atoms with Crippen molar-refractivity contribution in [3.63, 3.8) is 0 Å². The molecule has 0 rings (SSSR count). The molecule has 0 heterocycles. The van der Waals surface area contributed by atoms with E-state index in [2.05, 4.69) is 0 Å². The van der Waals surface area contributed by atoms with Crippen molar-refractivity contribution >= 4 is 0 Å². The fourth-order valence-corrected chi connectivity index (χ4v) is 0. The fraction of sp³-hybridized carbons (Fsp3) is 0. The zero-order valence-corrected chi connectivity index (χ0v) is 10.6. The molecule has 0 aliphatic rings. The van der Waals surface area contributed by atoms with Crippen LogP contribution in [0.2, 0.25) is 0 Å². The van der Waals surface area contributed by atoms with Crippen molar-refractivity contribution in [2.24, 2.45) is 0 Å². The van der Waals surface area contributed by atoms with E-state index in [1.54, 1.807) is 0 Å². The summed E-state index contributed by atoms with van der Waals surface area (Å²) in [5.74, 6) is 0. The Kier molecular flexibility index (Phi) is 34.6. The predicted octanol–water partition coefficient (Wildman–Crippen LogP) is -0.356. The second-order valence-electron chi connectivity index (χ2n) is 0.0833. The number of hydrogen-bond donors (Lipinski definition) is 0. The van der Waals surface area contributed by atoms with Crippen LogP contribution in [0.15, 0.2) is 0 Å². The van der Waals surface area contributed by atoms with Crippen molar-refractivity contribution in [3.05, 3.63) is 0 Å². The van der Waals surface area contributed by atoms with Crippen LogP contribution in [0.25, 0.3) is 0 Å². The zero-order chi connectivity index (χ0) is 4.71. The van der Waals surface area contributed by atoms with Crippen molar-refractivity contribution in [2.45, 2.75) is 0 Å². The molecule has 0 unspecified atom stereocenters. The molecule has 0 fully saturated rings. The molecule has 0 saturated carbocycles. The van der Waals surface area contributed by atoms with E-state index in [9.17, 15) is 0 Å². The summed E-state index contributed by atoms with van der Waals surface area (Å²) in [6, 6.07) is 0. The van der Waals surface area contributed by atoms with E-state index < -0.39 is 27.8 Å². The fourth-order valence-electron chi connectivity index (χ4n) is 0. The SMILES string of the molecule is [O]=[U].[O]=[U]=[O]. The van der Waals surface area contributed by atoms with Gasteiger partial charge in [0.25, 0.3) is 0 Å². The molecule has 0 spiro atoms. The summed E-state index contributed by atoms with van der Waals surface area (Å²) in [5, 5.41) is 0. The topological polar surface area (TPSA) is 51.2 Å². The van der Waals surface area contributed by atoms with Gasteiger partial charge in [-0.05, 0) is 0 Å². The Bertz CT molecular complexity index is 34.2. The minimum absolute atomic E-state index is 0.0918. The molecular weight excluding hydrogens is 524 g/mol. The van der Waals surface area contributed by atoms with E-state index in [4.69, 9.17) is 6.71 Å². The van der Waals surface area contributed by atoms with Crippen molar-refractivity contribution in [2.75, 3.05) is 0 Å². The van der Waals surface area contributed by atoms with Crippen LogP contribution in [0, 0.1) is 57.3 Å². The van der Waals surface area contributed by atoms with Crippen LogP contribution < -0.4 is 0 Å². The first-order chi connectivity index (χ1) is 2.41. The molecule has 0 aromatic rings. The van der Waals surface area contributed by atoms with E-state index in [0.29, 0.717) is 0 Å². The van der Waals surface area contributed by atoms with Crippen LogP contribution in [-0.2, 0) is 6.71 Å². The summed E-state index contributed by atoms with van der Waals surface area (Å²) in [7, 11) is 0. The van der Waals surface area contributed by atoms with Gasteiger partial charge in [-0.15, -0.1) is 0 Å². The Balaban J connectivity index is 0.